The summed E-state index contributed by atoms with van der Waals surface area (Å²) in [5, 5.41) is 2.04. The summed E-state index contributed by atoms with van der Waals surface area (Å²) in [5.41, 5.74) is 8.03. The van der Waals surface area contributed by atoms with E-state index in [0.717, 1.165) is 12.1 Å². The summed E-state index contributed by atoms with van der Waals surface area (Å²) in [4.78, 5) is 1.26. The summed E-state index contributed by atoms with van der Waals surface area (Å²) in [6, 6.07) is 12.3. The van der Waals surface area contributed by atoms with Gasteiger partial charge in [-0.3, -0.25) is 0 Å². The summed E-state index contributed by atoms with van der Waals surface area (Å²) in [6.45, 7) is 0. The molecular weight excluding hydrogens is 178 g/mol. The molecule has 2 heteroatoms. The zero-order chi connectivity index (χ0) is 9.10. The number of thiophene rings is 1. The van der Waals surface area contributed by atoms with Crippen molar-refractivity contribution in [1.29, 1.82) is 0 Å². The van der Waals surface area contributed by atoms with Crippen molar-refractivity contribution in [3.8, 4) is 0 Å². The molecule has 0 radical (unpaired) electrons. The fourth-order valence-corrected chi connectivity index (χ4v) is 2.11. The van der Waals surface area contributed by atoms with Gasteiger partial charge >= 0.3 is 0 Å². The molecule has 0 aliphatic rings. The molecule has 2 aromatic rings. The third kappa shape index (κ3) is 1.90. The number of hydrogen-bond acceptors (Lipinski definition) is 2. The van der Waals surface area contributed by atoms with Crippen molar-refractivity contribution in [2.45, 2.75) is 6.42 Å². The number of nitrogen functional groups attached to an aromatic ring is 1. The zero-order valence-corrected chi connectivity index (χ0v) is 8.05. The summed E-state index contributed by atoms with van der Waals surface area (Å²) >= 11 is 1.72. The van der Waals surface area contributed by atoms with Crippen molar-refractivity contribution < 1.29 is 0 Å². The normalized spacial score (nSPS) is 10.2. The van der Waals surface area contributed by atoms with Gasteiger partial charge in [-0.1, -0.05) is 30.3 Å². The molecule has 0 saturated heterocycles. The van der Waals surface area contributed by atoms with Crippen LogP contribution < -0.4 is 5.73 Å². The number of benzene rings is 1. The molecule has 1 heterocycles. The van der Waals surface area contributed by atoms with Gasteiger partial charge in [0.2, 0.25) is 0 Å². The standard InChI is InChI=1S/C11H11NS/c12-10-6-7-13-11(10)8-9-4-2-1-3-5-9/h1-7H,8,12H2. The van der Waals surface area contributed by atoms with E-state index in [4.69, 9.17) is 5.73 Å². The second kappa shape index (κ2) is 3.62. The topological polar surface area (TPSA) is 26.0 Å². The van der Waals surface area contributed by atoms with Gasteiger partial charge in [0, 0.05) is 17.0 Å². The number of nitrogens with two attached hydrogens (primary N) is 1. The molecule has 0 unspecified atom stereocenters. The molecule has 13 heavy (non-hydrogen) atoms. The van der Waals surface area contributed by atoms with Crippen LogP contribution in [-0.4, -0.2) is 0 Å². The zero-order valence-electron chi connectivity index (χ0n) is 7.23. The molecule has 1 aromatic heterocycles. The minimum absolute atomic E-state index is 0.911. The van der Waals surface area contributed by atoms with Crippen LogP contribution in [0, 0.1) is 0 Å². The van der Waals surface area contributed by atoms with Gasteiger partial charge in [-0.2, -0.15) is 0 Å². The third-order valence-electron chi connectivity index (χ3n) is 1.99. The van der Waals surface area contributed by atoms with Crippen molar-refractivity contribution in [2.24, 2.45) is 0 Å². The molecular formula is C11H11NS. The van der Waals surface area contributed by atoms with Crippen molar-refractivity contribution >= 4 is 17.0 Å². The molecule has 2 N–H and O–H groups in total. The van der Waals surface area contributed by atoms with Gasteiger partial charge in [0.1, 0.15) is 0 Å². The molecule has 1 nitrogen and oxygen atoms in total. The van der Waals surface area contributed by atoms with Crippen molar-refractivity contribution in [1.82, 2.24) is 0 Å². The number of rotatable bonds is 2. The van der Waals surface area contributed by atoms with Crippen LogP contribution in [0.2, 0.25) is 0 Å². The lowest BCUT2D eigenvalue weighted by Gasteiger charge is -1.99. The van der Waals surface area contributed by atoms with Gasteiger partial charge in [-0.15, -0.1) is 11.3 Å². The second-order valence-corrected chi connectivity index (χ2v) is 3.96. The van der Waals surface area contributed by atoms with Crippen LogP contribution >= 0.6 is 11.3 Å². The highest BCUT2D eigenvalue weighted by Crippen LogP contribution is 2.21. The Morgan fingerprint density at radius 1 is 1.08 bits per heavy atom. The largest absolute Gasteiger partial charge is 0.398 e. The highest BCUT2D eigenvalue weighted by atomic mass is 32.1. The lowest BCUT2D eigenvalue weighted by Crippen LogP contribution is -1.89. The Kier molecular flexibility index (Phi) is 2.32. The molecule has 0 atom stereocenters. The number of anilines is 1. The molecule has 0 aliphatic carbocycles. The van der Waals surface area contributed by atoms with Crippen molar-refractivity contribution in [3.05, 3.63) is 52.2 Å². The maximum atomic E-state index is 5.80. The first-order valence-corrected chi connectivity index (χ1v) is 5.10. The molecule has 2 rings (SSSR count). The lowest BCUT2D eigenvalue weighted by molar-refractivity contribution is 1.24. The molecule has 66 valence electrons. The average molecular weight is 189 g/mol. The van der Waals surface area contributed by atoms with Crippen molar-refractivity contribution in [2.75, 3.05) is 5.73 Å². The highest BCUT2D eigenvalue weighted by molar-refractivity contribution is 7.10. The SMILES string of the molecule is Nc1ccsc1Cc1ccccc1. The monoisotopic (exact) mass is 189 g/mol. The Bertz CT molecular complexity index is 378. The molecule has 0 bridgehead atoms. The number of hydrogen-bond donors (Lipinski definition) is 1. The maximum absolute atomic E-state index is 5.80. The molecule has 0 amide bonds. The predicted octanol–water partition coefficient (Wildman–Crippen LogP) is 2.92. The fourth-order valence-electron chi connectivity index (χ4n) is 1.28. The smallest absolute Gasteiger partial charge is 0.0458 e. The lowest BCUT2D eigenvalue weighted by atomic mass is 10.1. The summed E-state index contributed by atoms with van der Waals surface area (Å²) in [6.07, 6.45) is 0.949. The maximum Gasteiger partial charge on any atom is 0.0458 e. The molecule has 1 aromatic carbocycles. The first kappa shape index (κ1) is 8.32. The molecule has 0 aliphatic heterocycles. The Morgan fingerprint density at radius 3 is 2.46 bits per heavy atom. The van der Waals surface area contributed by atoms with Gasteiger partial charge < -0.3 is 5.73 Å². The van der Waals surface area contributed by atoms with E-state index < -0.39 is 0 Å². The first-order valence-electron chi connectivity index (χ1n) is 4.22. The van der Waals surface area contributed by atoms with Crippen LogP contribution in [0.15, 0.2) is 41.8 Å². The Morgan fingerprint density at radius 2 is 1.85 bits per heavy atom. The van der Waals surface area contributed by atoms with Crippen LogP contribution in [-0.2, 0) is 6.42 Å². The Hall–Kier alpha value is -1.28. The highest BCUT2D eigenvalue weighted by Gasteiger charge is 2.00. The summed E-state index contributed by atoms with van der Waals surface area (Å²) < 4.78 is 0. The van der Waals surface area contributed by atoms with Crippen LogP contribution in [0.25, 0.3) is 0 Å². The average Bonchev–Trinajstić information content (AvgIpc) is 2.54. The minimum atomic E-state index is 0.911. The van der Waals surface area contributed by atoms with E-state index in [0.29, 0.717) is 0 Å². The van der Waals surface area contributed by atoms with Crippen LogP contribution in [0.3, 0.4) is 0 Å². The predicted molar refractivity (Wildman–Crippen MR) is 58.0 cm³/mol. The van der Waals surface area contributed by atoms with Crippen LogP contribution in [0.4, 0.5) is 5.69 Å². The van der Waals surface area contributed by atoms with Gasteiger partial charge in [0.05, 0.1) is 0 Å². The van der Waals surface area contributed by atoms with Crippen molar-refractivity contribution in [3.63, 3.8) is 0 Å². The van der Waals surface area contributed by atoms with Gasteiger partial charge in [-0.25, -0.2) is 0 Å². The Labute approximate surface area is 81.8 Å². The van der Waals surface area contributed by atoms with E-state index in [2.05, 4.69) is 24.3 Å². The van der Waals surface area contributed by atoms with E-state index in [1.54, 1.807) is 11.3 Å². The van der Waals surface area contributed by atoms with E-state index in [9.17, 15) is 0 Å². The van der Waals surface area contributed by atoms with Gasteiger partial charge in [0.25, 0.3) is 0 Å². The summed E-state index contributed by atoms with van der Waals surface area (Å²) in [5.74, 6) is 0. The van der Waals surface area contributed by atoms with E-state index in [1.165, 1.54) is 10.4 Å². The van der Waals surface area contributed by atoms with Gasteiger partial charge in [0.15, 0.2) is 0 Å². The third-order valence-corrected chi connectivity index (χ3v) is 2.92. The molecule has 0 fully saturated rings. The minimum Gasteiger partial charge on any atom is -0.398 e. The second-order valence-electron chi connectivity index (χ2n) is 2.96. The quantitative estimate of drug-likeness (QED) is 0.772. The van der Waals surface area contributed by atoms with E-state index in [-0.39, 0.29) is 0 Å². The van der Waals surface area contributed by atoms with Gasteiger partial charge in [-0.05, 0) is 17.0 Å². The van der Waals surface area contributed by atoms with Crippen LogP contribution in [0.1, 0.15) is 10.4 Å². The molecule has 0 spiro atoms. The molecule has 0 saturated carbocycles. The summed E-state index contributed by atoms with van der Waals surface area (Å²) in [7, 11) is 0. The van der Waals surface area contributed by atoms with E-state index >= 15 is 0 Å². The van der Waals surface area contributed by atoms with Crippen LogP contribution in [0.5, 0.6) is 0 Å². The Balaban J connectivity index is 2.20. The van der Waals surface area contributed by atoms with E-state index in [1.807, 2.05) is 17.5 Å². The first-order chi connectivity index (χ1) is 6.36. The fraction of sp³-hybridized carbons (Fsp3) is 0.0909.